The van der Waals surface area contributed by atoms with E-state index in [1.54, 1.807) is 13.2 Å². The van der Waals surface area contributed by atoms with Crippen LogP contribution in [0.1, 0.15) is 31.2 Å². The zero-order valence-corrected chi connectivity index (χ0v) is 11.6. The maximum Gasteiger partial charge on any atom is 0.226 e. The summed E-state index contributed by atoms with van der Waals surface area (Å²) in [6.45, 7) is 0. The predicted octanol–water partition coefficient (Wildman–Crippen LogP) is 2.64. The molecule has 0 aliphatic heterocycles. The number of Topliss-reactive ketones (excluding diaryl/α,β-unsaturated/α-hetero) is 1. The van der Waals surface area contributed by atoms with Crippen LogP contribution in [0.2, 0.25) is 0 Å². The second-order valence-electron chi connectivity index (χ2n) is 5.19. The monoisotopic (exact) mass is 277 g/mol. The Balaban J connectivity index is 2.21. The van der Waals surface area contributed by atoms with Gasteiger partial charge in [0.1, 0.15) is 11.5 Å². The summed E-state index contributed by atoms with van der Waals surface area (Å²) in [6, 6.07) is 6.42. The number of hydrogen-bond donors (Lipinski definition) is 0. The average molecular weight is 277 g/mol. The van der Waals surface area contributed by atoms with Crippen molar-refractivity contribution in [2.45, 2.75) is 38.1 Å². The Labute approximate surface area is 118 Å². The summed E-state index contributed by atoms with van der Waals surface area (Å²) in [5, 5.41) is 11.4. The zero-order chi connectivity index (χ0) is 14.5. The molecule has 0 bridgehead atoms. The van der Waals surface area contributed by atoms with E-state index in [4.69, 9.17) is 4.74 Å². The van der Waals surface area contributed by atoms with Gasteiger partial charge in [0.05, 0.1) is 13.0 Å². The minimum Gasteiger partial charge on any atom is -0.496 e. The fraction of sp³-hybridized carbons (Fsp3) is 0.533. The van der Waals surface area contributed by atoms with Gasteiger partial charge in [-0.1, -0.05) is 24.6 Å². The zero-order valence-electron chi connectivity index (χ0n) is 11.6. The Bertz CT molecular complexity index is 500. The molecule has 0 saturated heterocycles. The number of para-hydroxylation sites is 1. The molecule has 0 unspecified atom stereocenters. The highest BCUT2D eigenvalue weighted by molar-refractivity contribution is 5.82. The molecule has 1 fully saturated rings. The molecule has 1 aliphatic carbocycles. The minimum atomic E-state index is -0.848. The second-order valence-corrected chi connectivity index (χ2v) is 5.19. The molecule has 2 atom stereocenters. The number of nitro groups is 1. The summed E-state index contributed by atoms with van der Waals surface area (Å²) in [5.41, 5.74) is 0.787. The van der Waals surface area contributed by atoms with E-state index in [9.17, 15) is 14.9 Å². The van der Waals surface area contributed by atoms with Crippen molar-refractivity contribution < 1.29 is 14.5 Å². The molecule has 1 aromatic rings. The Morgan fingerprint density at radius 1 is 1.40 bits per heavy atom. The molecule has 5 nitrogen and oxygen atoms in total. The molecule has 5 heteroatoms. The lowest BCUT2D eigenvalue weighted by molar-refractivity contribution is -0.529. The Kier molecular flexibility index (Phi) is 4.71. The third-order valence-electron chi connectivity index (χ3n) is 3.96. The summed E-state index contributed by atoms with van der Waals surface area (Å²) < 4.78 is 5.23. The van der Waals surface area contributed by atoms with Crippen molar-refractivity contribution in [2.75, 3.05) is 7.11 Å². The van der Waals surface area contributed by atoms with Crippen molar-refractivity contribution in [3.8, 4) is 5.75 Å². The standard InChI is InChI=1S/C15H19NO4/c1-20-15-9-5-2-6-11(15)10-13(16(18)19)12-7-3-4-8-14(12)17/h2,5-6,9,12-13H,3-4,7-8,10H2,1H3/t12-,13-/m0/s1. The molecule has 0 N–H and O–H groups in total. The lowest BCUT2D eigenvalue weighted by Gasteiger charge is -2.23. The second kappa shape index (κ2) is 6.50. The normalized spacial score (nSPS) is 20.4. The van der Waals surface area contributed by atoms with Gasteiger partial charge in [-0.3, -0.25) is 14.9 Å². The molecule has 1 aromatic carbocycles. The highest BCUT2D eigenvalue weighted by Crippen LogP contribution is 2.29. The number of carbonyl (C=O) groups is 1. The number of ketones is 1. The Morgan fingerprint density at radius 3 is 2.80 bits per heavy atom. The van der Waals surface area contributed by atoms with E-state index >= 15 is 0 Å². The number of hydrogen-bond acceptors (Lipinski definition) is 4. The summed E-state index contributed by atoms with van der Waals surface area (Å²) >= 11 is 0. The van der Waals surface area contributed by atoms with Crippen LogP contribution in [0.25, 0.3) is 0 Å². The van der Waals surface area contributed by atoms with Gasteiger partial charge in [0.25, 0.3) is 0 Å². The van der Waals surface area contributed by atoms with E-state index in [0.717, 1.165) is 18.4 Å². The highest BCUT2D eigenvalue weighted by Gasteiger charge is 2.38. The number of carbonyl (C=O) groups excluding carboxylic acids is 1. The van der Waals surface area contributed by atoms with E-state index < -0.39 is 12.0 Å². The van der Waals surface area contributed by atoms with E-state index in [-0.39, 0.29) is 17.1 Å². The smallest absolute Gasteiger partial charge is 0.226 e. The molecule has 0 amide bonds. The first-order valence-corrected chi connectivity index (χ1v) is 6.91. The van der Waals surface area contributed by atoms with Crippen LogP contribution in [0.3, 0.4) is 0 Å². The molecule has 0 spiro atoms. The van der Waals surface area contributed by atoms with Crippen molar-refractivity contribution in [1.29, 1.82) is 0 Å². The van der Waals surface area contributed by atoms with Crippen LogP contribution < -0.4 is 4.74 Å². The van der Waals surface area contributed by atoms with Crippen LogP contribution in [0.4, 0.5) is 0 Å². The topological polar surface area (TPSA) is 69.4 Å². The Hall–Kier alpha value is -1.91. The molecule has 0 aromatic heterocycles. The third kappa shape index (κ3) is 3.15. The first-order valence-electron chi connectivity index (χ1n) is 6.91. The lowest BCUT2D eigenvalue weighted by atomic mass is 9.81. The van der Waals surface area contributed by atoms with Gasteiger partial charge in [-0.15, -0.1) is 0 Å². The van der Waals surface area contributed by atoms with E-state index in [0.29, 0.717) is 18.6 Å². The number of rotatable bonds is 5. The number of benzene rings is 1. The van der Waals surface area contributed by atoms with Crippen molar-refractivity contribution >= 4 is 5.78 Å². The molecule has 20 heavy (non-hydrogen) atoms. The lowest BCUT2D eigenvalue weighted by Crippen LogP contribution is -2.38. The van der Waals surface area contributed by atoms with Crippen molar-refractivity contribution in [1.82, 2.24) is 0 Å². The molecular weight excluding hydrogens is 258 g/mol. The largest absolute Gasteiger partial charge is 0.496 e. The number of methoxy groups -OCH3 is 1. The van der Waals surface area contributed by atoms with Gasteiger partial charge in [-0.05, 0) is 18.9 Å². The van der Waals surface area contributed by atoms with Crippen molar-refractivity contribution in [3.05, 3.63) is 39.9 Å². The van der Waals surface area contributed by atoms with Gasteiger partial charge in [0, 0.05) is 23.3 Å². The molecule has 2 rings (SSSR count). The first kappa shape index (κ1) is 14.5. The maximum atomic E-state index is 11.9. The molecule has 108 valence electrons. The predicted molar refractivity (Wildman–Crippen MR) is 74.4 cm³/mol. The van der Waals surface area contributed by atoms with Crippen LogP contribution in [0, 0.1) is 16.0 Å². The highest BCUT2D eigenvalue weighted by atomic mass is 16.6. The maximum absolute atomic E-state index is 11.9. The van der Waals surface area contributed by atoms with Gasteiger partial charge in [-0.2, -0.15) is 0 Å². The van der Waals surface area contributed by atoms with Gasteiger partial charge in [0.2, 0.25) is 6.04 Å². The van der Waals surface area contributed by atoms with Crippen LogP contribution in [0.5, 0.6) is 5.75 Å². The van der Waals surface area contributed by atoms with Crippen molar-refractivity contribution in [3.63, 3.8) is 0 Å². The van der Waals surface area contributed by atoms with E-state index in [1.807, 2.05) is 18.2 Å². The fourth-order valence-corrected chi connectivity index (χ4v) is 2.88. The summed E-state index contributed by atoms with van der Waals surface area (Å²) in [7, 11) is 1.55. The first-order chi connectivity index (χ1) is 9.63. The summed E-state index contributed by atoms with van der Waals surface area (Å²) in [4.78, 5) is 23.0. The fourth-order valence-electron chi connectivity index (χ4n) is 2.88. The quantitative estimate of drug-likeness (QED) is 0.613. The van der Waals surface area contributed by atoms with E-state index in [2.05, 4.69) is 0 Å². The summed E-state index contributed by atoms with van der Waals surface area (Å²) in [5.74, 6) is 0.221. The van der Waals surface area contributed by atoms with Crippen LogP contribution in [0.15, 0.2) is 24.3 Å². The van der Waals surface area contributed by atoms with Gasteiger partial charge < -0.3 is 4.74 Å². The van der Waals surface area contributed by atoms with Crippen molar-refractivity contribution in [2.24, 2.45) is 5.92 Å². The molecule has 0 radical (unpaired) electrons. The molecule has 1 aliphatic rings. The van der Waals surface area contributed by atoms with Crippen LogP contribution in [-0.4, -0.2) is 23.9 Å². The SMILES string of the molecule is COc1ccccc1C[C@@H]([C@@H]1CCCCC1=O)[N+](=O)[O-]. The van der Waals surface area contributed by atoms with Crippen LogP contribution >= 0.6 is 0 Å². The Morgan fingerprint density at radius 2 is 2.15 bits per heavy atom. The molecule has 1 saturated carbocycles. The minimum absolute atomic E-state index is 0.0350. The van der Waals surface area contributed by atoms with Gasteiger partial charge >= 0.3 is 0 Å². The average Bonchev–Trinajstić information content (AvgIpc) is 2.46. The molecular formula is C15H19NO4. The van der Waals surface area contributed by atoms with Crippen LogP contribution in [-0.2, 0) is 11.2 Å². The van der Waals surface area contributed by atoms with E-state index in [1.165, 1.54) is 0 Å². The van der Waals surface area contributed by atoms with Gasteiger partial charge in [-0.25, -0.2) is 0 Å². The summed E-state index contributed by atoms with van der Waals surface area (Å²) in [6.07, 6.45) is 3.09. The molecule has 0 heterocycles. The van der Waals surface area contributed by atoms with Gasteiger partial charge in [0.15, 0.2) is 0 Å². The number of nitrogens with zero attached hydrogens (tertiary/aromatic N) is 1. The number of ether oxygens (including phenoxy) is 1. The third-order valence-corrected chi connectivity index (χ3v) is 3.96.